The molecule has 0 radical (unpaired) electrons. The van der Waals surface area contributed by atoms with Crippen molar-refractivity contribution < 1.29 is 23.8 Å². The van der Waals surface area contributed by atoms with E-state index < -0.39 is 11.9 Å². The zero-order valence-electron chi connectivity index (χ0n) is 10.3. The minimum atomic E-state index is -1.19. The Morgan fingerprint density at radius 2 is 2.06 bits per heavy atom. The molecule has 0 atom stereocenters. The number of carbonyl (C=O) groups is 2. The van der Waals surface area contributed by atoms with Crippen molar-refractivity contribution in [1.82, 2.24) is 5.32 Å². The van der Waals surface area contributed by atoms with E-state index in [0.717, 1.165) is 6.42 Å². The number of ether oxygens (including phenoxy) is 1. The van der Waals surface area contributed by atoms with Crippen molar-refractivity contribution in [3.8, 4) is 0 Å². The highest BCUT2D eigenvalue weighted by atomic mass is 16.5. The quantitative estimate of drug-likeness (QED) is 0.687. The van der Waals surface area contributed by atoms with E-state index in [4.69, 9.17) is 14.3 Å². The van der Waals surface area contributed by atoms with Crippen LogP contribution >= 0.6 is 0 Å². The maximum atomic E-state index is 11.5. The summed E-state index contributed by atoms with van der Waals surface area (Å²) in [7, 11) is 0. The highest BCUT2D eigenvalue weighted by Gasteiger charge is 2.13. The molecule has 1 aromatic heterocycles. The molecule has 0 aromatic carbocycles. The molecule has 1 heterocycles. The second-order valence-corrected chi connectivity index (χ2v) is 3.69. The number of furan rings is 1. The lowest BCUT2D eigenvalue weighted by molar-refractivity contribution is 0.0659. The molecule has 1 aromatic rings. The molecule has 0 spiro atoms. The molecule has 1 amide bonds. The van der Waals surface area contributed by atoms with Crippen LogP contribution in [0, 0.1) is 0 Å². The molecule has 0 bridgehead atoms. The van der Waals surface area contributed by atoms with E-state index in [1.807, 2.05) is 6.92 Å². The van der Waals surface area contributed by atoms with Crippen molar-refractivity contribution in [1.29, 1.82) is 0 Å². The Balaban J connectivity index is 2.25. The molecule has 2 N–H and O–H groups in total. The summed E-state index contributed by atoms with van der Waals surface area (Å²) in [5.74, 6) is -1.85. The fraction of sp³-hybridized carbons (Fsp3) is 0.500. The van der Waals surface area contributed by atoms with Crippen LogP contribution in [-0.4, -0.2) is 36.7 Å². The number of aromatic carboxylic acids is 1. The van der Waals surface area contributed by atoms with Gasteiger partial charge in [-0.05, 0) is 25.0 Å². The standard InChI is InChI=1S/C12H17NO5/c1-2-7-17-8-3-6-13-11(14)9-4-5-10(18-9)12(15)16/h4-5H,2-3,6-8H2,1H3,(H,13,14)(H,15,16). The minimum Gasteiger partial charge on any atom is -0.475 e. The third-order valence-corrected chi connectivity index (χ3v) is 2.14. The number of rotatable bonds is 8. The highest BCUT2D eigenvalue weighted by Crippen LogP contribution is 2.07. The summed E-state index contributed by atoms with van der Waals surface area (Å²) >= 11 is 0. The smallest absolute Gasteiger partial charge is 0.371 e. The van der Waals surface area contributed by atoms with E-state index in [1.165, 1.54) is 12.1 Å². The zero-order chi connectivity index (χ0) is 13.4. The Morgan fingerprint density at radius 1 is 1.33 bits per heavy atom. The maximum Gasteiger partial charge on any atom is 0.371 e. The topological polar surface area (TPSA) is 88.8 Å². The van der Waals surface area contributed by atoms with Crippen molar-refractivity contribution in [3.63, 3.8) is 0 Å². The van der Waals surface area contributed by atoms with Gasteiger partial charge in [-0.3, -0.25) is 4.79 Å². The summed E-state index contributed by atoms with van der Waals surface area (Å²) in [4.78, 5) is 22.1. The molecule has 6 nitrogen and oxygen atoms in total. The molecule has 1 rings (SSSR count). The molecule has 0 aliphatic rings. The molecule has 0 unspecified atom stereocenters. The van der Waals surface area contributed by atoms with Gasteiger partial charge >= 0.3 is 5.97 Å². The summed E-state index contributed by atoms with van der Waals surface area (Å²) in [5.41, 5.74) is 0. The van der Waals surface area contributed by atoms with Gasteiger partial charge in [0.15, 0.2) is 5.76 Å². The van der Waals surface area contributed by atoms with Crippen LogP contribution in [0.1, 0.15) is 40.9 Å². The predicted molar refractivity (Wildman–Crippen MR) is 63.7 cm³/mol. The van der Waals surface area contributed by atoms with Gasteiger partial charge in [0.05, 0.1) is 0 Å². The van der Waals surface area contributed by atoms with Gasteiger partial charge in [-0.1, -0.05) is 6.92 Å². The Bertz CT molecular complexity index is 399. The van der Waals surface area contributed by atoms with Gasteiger partial charge in [0.1, 0.15) is 0 Å². The van der Waals surface area contributed by atoms with Gasteiger partial charge in [0, 0.05) is 19.8 Å². The zero-order valence-corrected chi connectivity index (χ0v) is 10.3. The lowest BCUT2D eigenvalue weighted by Gasteiger charge is -2.03. The summed E-state index contributed by atoms with van der Waals surface area (Å²) in [5, 5.41) is 11.3. The third-order valence-electron chi connectivity index (χ3n) is 2.14. The van der Waals surface area contributed by atoms with Crippen molar-refractivity contribution in [2.45, 2.75) is 19.8 Å². The number of hydrogen-bond acceptors (Lipinski definition) is 4. The second kappa shape index (κ2) is 7.50. The average Bonchev–Trinajstić information content (AvgIpc) is 2.83. The van der Waals surface area contributed by atoms with Crippen LogP contribution in [0.2, 0.25) is 0 Å². The van der Waals surface area contributed by atoms with Crippen molar-refractivity contribution >= 4 is 11.9 Å². The third kappa shape index (κ3) is 4.58. The first kappa shape index (κ1) is 14.2. The van der Waals surface area contributed by atoms with Crippen molar-refractivity contribution in [2.75, 3.05) is 19.8 Å². The van der Waals surface area contributed by atoms with E-state index in [0.29, 0.717) is 26.2 Å². The first-order chi connectivity index (χ1) is 8.65. The van der Waals surface area contributed by atoms with Gasteiger partial charge in [-0.2, -0.15) is 0 Å². The number of amides is 1. The van der Waals surface area contributed by atoms with Crippen molar-refractivity contribution in [2.24, 2.45) is 0 Å². The number of carboxylic acids is 1. The highest BCUT2D eigenvalue weighted by molar-refractivity contribution is 5.93. The van der Waals surface area contributed by atoms with E-state index in [9.17, 15) is 9.59 Å². The van der Waals surface area contributed by atoms with E-state index >= 15 is 0 Å². The lowest BCUT2D eigenvalue weighted by atomic mass is 10.4. The Kier molecular flexibility index (Phi) is 5.93. The van der Waals surface area contributed by atoms with E-state index in [-0.39, 0.29) is 11.5 Å². The molecular weight excluding hydrogens is 238 g/mol. The fourth-order valence-corrected chi connectivity index (χ4v) is 1.28. The van der Waals surface area contributed by atoms with Crippen LogP contribution in [0.25, 0.3) is 0 Å². The normalized spacial score (nSPS) is 10.3. The first-order valence-corrected chi connectivity index (χ1v) is 5.84. The van der Waals surface area contributed by atoms with Crippen molar-refractivity contribution in [3.05, 3.63) is 23.7 Å². The number of carbonyl (C=O) groups excluding carboxylic acids is 1. The molecule has 0 aliphatic heterocycles. The Labute approximate surface area is 105 Å². The second-order valence-electron chi connectivity index (χ2n) is 3.69. The number of nitrogens with one attached hydrogen (secondary N) is 1. The van der Waals surface area contributed by atoms with E-state index in [1.54, 1.807) is 0 Å². The first-order valence-electron chi connectivity index (χ1n) is 5.84. The van der Waals surface area contributed by atoms with Gasteiger partial charge in [-0.15, -0.1) is 0 Å². The van der Waals surface area contributed by atoms with Gasteiger partial charge < -0.3 is 19.6 Å². The Morgan fingerprint density at radius 3 is 2.67 bits per heavy atom. The van der Waals surface area contributed by atoms with Crippen LogP contribution < -0.4 is 5.32 Å². The maximum absolute atomic E-state index is 11.5. The van der Waals surface area contributed by atoms with Gasteiger partial charge in [0.25, 0.3) is 5.91 Å². The molecule has 18 heavy (non-hydrogen) atoms. The van der Waals surface area contributed by atoms with E-state index in [2.05, 4.69) is 5.32 Å². The molecular formula is C12H17NO5. The number of hydrogen-bond donors (Lipinski definition) is 2. The molecule has 100 valence electrons. The summed E-state index contributed by atoms with van der Waals surface area (Å²) in [6.45, 7) is 3.80. The largest absolute Gasteiger partial charge is 0.475 e. The average molecular weight is 255 g/mol. The molecule has 0 saturated carbocycles. The SMILES string of the molecule is CCCOCCCNC(=O)c1ccc(C(=O)O)o1. The monoisotopic (exact) mass is 255 g/mol. The van der Waals surface area contributed by atoms with Gasteiger partial charge in [0.2, 0.25) is 5.76 Å². The lowest BCUT2D eigenvalue weighted by Crippen LogP contribution is -2.24. The minimum absolute atomic E-state index is 0.00174. The summed E-state index contributed by atoms with van der Waals surface area (Å²) in [6, 6.07) is 2.59. The molecule has 0 saturated heterocycles. The van der Waals surface area contributed by atoms with Crippen LogP contribution in [0.4, 0.5) is 0 Å². The summed E-state index contributed by atoms with van der Waals surface area (Å²) in [6.07, 6.45) is 1.68. The Hall–Kier alpha value is -1.82. The molecule has 6 heteroatoms. The van der Waals surface area contributed by atoms with Crippen LogP contribution in [0.3, 0.4) is 0 Å². The fourth-order valence-electron chi connectivity index (χ4n) is 1.28. The molecule has 0 aliphatic carbocycles. The van der Waals surface area contributed by atoms with Crippen LogP contribution in [-0.2, 0) is 4.74 Å². The molecule has 0 fully saturated rings. The predicted octanol–water partition coefficient (Wildman–Crippen LogP) is 1.52. The van der Waals surface area contributed by atoms with Crippen LogP contribution in [0.5, 0.6) is 0 Å². The summed E-state index contributed by atoms with van der Waals surface area (Å²) < 4.78 is 10.1. The van der Waals surface area contributed by atoms with Gasteiger partial charge in [-0.25, -0.2) is 4.79 Å². The van der Waals surface area contributed by atoms with Crippen LogP contribution in [0.15, 0.2) is 16.5 Å². The number of carboxylic acid groups (broad SMARTS) is 1.